The topological polar surface area (TPSA) is 44.9 Å². The fraction of sp³-hybridized carbons (Fsp3) is 0.929. The molecule has 2 saturated heterocycles. The van der Waals surface area contributed by atoms with E-state index in [0.717, 1.165) is 31.5 Å². The molecule has 2 rings (SSSR count). The zero-order valence-electron chi connectivity index (χ0n) is 11.9. The van der Waals surface area contributed by atoms with Crippen LogP contribution in [0.2, 0.25) is 0 Å². The minimum absolute atomic E-state index is 0.699. The number of piperidine rings is 2. The van der Waals surface area contributed by atoms with Gasteiger partial charge in [-0.15, -0.1) is 0 Å². The van der Waals surface area contributed by atoms with Crippen LogP contribution in [0.3, 0.4) is 0 Å². The van der Waals surface area contributed by atoms with Crippen LogP contribution in [0.15, 0.2) is 4.99 Å². The summed E-state index contributed by atoms with van der Waals surface area (Å²) in [6.07, 6.45) is 5.19. The lowest BCUT2D eigenvalue weighted by atomic mass is 9.99. The number of hydrogen-bond acceptors (Lipinski definition) is 2. The molecule has 2 aliphatic rings. The van der Waals surface area contributed by atoms with E-state index in [-0.39, 0.29) is 0 Å². The second kappa shape index (κ2) is 6.41. The van der Waals surface area contributed by atoms with Crippen LogP contribution in [0.4, 0.5) is 0 Å². The molecule has 18 heavy (non-hydrogen) atoms. The first kappa shape index (κ1) is 13.7. The molecule has 0 spiro atoms. The van der Waals surface area contributed by atoms with Crippen LogP contribution in [-0.4, -0.2) is 55.5 Å². The second-order valence-electron chi connectivity index (χ2n) is 6.16. The SMILES string of the molecule is CC1CCCN(C(N)=NCC2CCCN(C)C2)C1. The first-order valence-corrected chi connectivity index (χ1v) is 7.38. The maximum Gasteiger partial charge on any atom is 0.191 e. The number of hydrogen-bond donors (Lipinski definition) is 1. The maximum atomic E-state index is 6.12. The number of rotatable bonds is 2. The minimum Gasteiger partial charge on any atom is -0.370 e. The Balaban J connectivity index is 1.80. The molecule has 0 amide bonds. The van der Waals surface area contributed by atoms with Crippen LogP contribution in [0, 0.1) is 11.8 Å². The summed E-state index contributed by atoms with van der Waals surface area (Å²) < 4.78 is 0. The van der Waals surface area contributed by atoms with Crippen molar-refractivity contribution in [2.24, 2.45) is 22.6 Å². The van der Waals surface area contributed by atoms with Gasteiger partial charge in [0.15, 0.2) is 5.96 Å². The highest BCUT2D eigenvalue weighted by atomic mass is 15.3. The van der Waals surface area contributed by atoms with Crippen LogP contribution >= 0.6 is 0 Å². The third kappa shape index (κ3) is 3.87. The Labute approximate surface area is 111 Å². The third-order valence-corrected chi connectivity index (χ3v) is 4.21. The van der Waals surface area contributed by atoms with E-state index in [2.05, 4.69) is 28.8 Å². The lowest BCUT2D eigenvalue weighted by Crippen LogP contribution is -2.44. The Bertz CT molecular complexity index is 290. The average molecular weight is 252 g/mol. The molecule has 2 N–H and O–H groups in total. The largest absolute Gasteiger partial charge is 0.370 e. The summed E-state index contributed by atoms with van der Waals surface area (Å²) in [5.74, 6) is 2.23. The molecule has 0 saturated carbocycles. The van der Waals surface area contributed by atoms with Gasteiger partial charge in [0.1, 0.15) is 0 Å². The Morgan fingerprint density at radius 3 is 2.72 bits per heavy atom. The summed E-state index contributed by atoms with van der Waals surface area (Å²) in [7, 11) is 2.20. The van der Waals surface area contributed by atoms with Crippen LogP contribution in [0.1, 0.15) is 32.6 Å². The van der Waals surface area contributed by atoms with Gasteiger partial charge in [0.2, 0.25) is 0 Å². The predicted octanol–water partition coefficient (Wildman–Crippen LogP) is 1.37. The molecule has 2 unspecified atom stereocenters. The van der Waals surface area contributed by atoms with Gasteiger partial charge in [-0.1, -0.05) is 6.92 Å². The molecule has 0 aromatic carbocycles. The summed E-state index contributed by atoms with van der Waals surface area (Å²) in [4.78, 5) is 9.30. The van der Waals surface area contributed by atoms with Crippen molar-refractivity contribution in [2.75, 3.05) is 39.8 Å². The number of aliphatic imine (C=N–C) groups is 1. The van der Waals surface area contributed by atoms with Gasteiger partial charge in [0.05, 0.1) is 0 Å². The number of nitrogens with zero attached hydrogens (tertiary/aromatic N) is 3. The summed E-state index contributed by atoms with van der Waals surface area (Å²) in [5, 5.41) is 0. The van der Waals surface area contributed by atoms with Gasteiger partial charge < -0.3 is 15.5 Å². The number of likely N-dealkylation sites (tertiary alicyclic amines) is 2. The van der Waals surface area contributed by atoms with E-state index in [1.54, 1.807) is 0 Å². The van der Waals surface area contributed by atoms with Crippen molar-refractivity contribution in [1.29, 1.82) is 0 Å². The smallest absolute Gasteiger partial charge is 0.191 e. The Kier molecular flexibility index (Phi) is 4.87. The van der Waals surface area contributed by atoms with Crippen molar-refractivity contribution in [1.82, 2.24) is 9.80 Å². The van der Waals surface area contributed by atoms with Crippen molar-refractivity contribution < 1.29 is 0 Å². The van der Waals surface area contributed by atoms with E-state index in [9.17, 15) is 0 Å². The molecule has 2 heterocycles. The van der Waals surface area contributed by atoms with E-state index in [1.807, 2.05) is 0 Å². The minimum atomic E-state index is 0.699. The highest BCUT2D eigenvalue weighted by Crippen LogP contribution is 2.17. The monoisotopic (exact) mass is 252 g/mol. The number of guanidine groups is 1. The summed E-state index contributed by atoms with van der Waals surface area (Å²) in [6.45, 7) is 7.78. The lowest BCUT2D eigenvalue weighted by molar-refractivity contribution is 0.213. The fourth-order valence-electron chi connectivity index (χ4n) is 3.14. The molecule has 2 aliphatic heterocycles. The number of nitrogens with two attached hydrogens (primary N) is 1. The maximum absolute atomic E-state index is 6.12. The lowest BCUT2D eigenvalue weighted by Gasteiger charge is -2.32. The van der Waals surface area contributed by atoms with E-state index >= 15 is 0 Å². The highest BCUT2D eigenvalue weighted by Gasteiger charge is 2.19. The van der Waals surface area contributed by atoms with E-state index < -0.39 is 0 Å². The quantitative estimate of drug-likeness (QED) is 0.596. The molecule has 0 bridgehead atoms. The Morgan fingerprint density at radius 2 is 2.00 bits per heavy atom. The normalized spacial score (nSPS) is 31.7. The molecular weight excluding hydrogens is 224 g/mol. The Morgan fingerprint density at radius 1 is 1.22 bits per heavy atom. The molecule has 2 fully saturated rings. The van der Waals surface area contributed by atoms with Crippen LogP contribution in [-0.2, 0) is 0 Å². The fourth-order valence-corrected chi connectivity index (χ4v) is 3.14. The van der Waals surface area contributed by atoms with Gasteiger partial charge in [-0.3, -0.25) is 4.99 Å². The van der Waals surface area contributed by atoms with Gasteiger partial charge in [0.25, 0.3) is 0 Å². The van der Waals surface area contributed by atoms with Crippen LogP contribution in [0.5, 0.6) is 0 Å². The molecule has 4 nitrogen and oxygen atoms in total. The standard InChI is InChI=1S/C14H28N4/c1-12-5-3-8-18(10-12)14(15)16-9-13-6-4-7-17(2)11-13/h12-13H,3-11H2,1-2H3,(H2,15,16). The Hall–Kier alpha value is -0.770. The van der Waals surface area contributed by atoms with Crippen molar-refractivity contribution in [3.05, 3.63) is 0 Å². The van der Waals surface area contributed by atoms with Gasteiger partial charge >= 0.3 is 0 Å². The van der Waals surface area contributed by atoms with Crippen molar-refractivity contribution >= 4 is 5.96 Å². The molecule has 0 aromatic rings. The summed E-state index contributed by atoms with van der Waals surface area (Å²) in [6, 6.07) is 0. The van der Waals surface area contributed by atoms with Gasteiger partial charge in [-0.05, 0) is 51.1 Å². The average Bonchev–Trinajstić information content (AvgIpc) is 2.36. The highest BCUT2D eigenvalue weighted by molar-refractivity contribution is 5.78. The zero-order chi connectivity index (χ0) is 13.0. The molecule has 0 aromatic heterocycles. The first-order chi connectivity index (χ1) is 8.65. The first-order valence-electron chi connectivity index (χ1n) is 7.38. The van der Waals surface area contributed by atoms with E-state index in [4.69, 9.17) is 5.73 Å². The second-order valence-corrected chi connectivity index (χ2v) is 6.16. The van der Waals surface area contributed by atoms with Crippen molar-refractivity contribution in [2.45, 2.75) is 32.6 Å². The van der Waals surface area contributed by atoms with Crippen molar-refractivity contribution in [3.63, 3.8) is 0 Å². The van der Waals surface area contributed by atoms with Crippen LogP contribution in [0.25, 0.3) is 0 Å². The molecule has 2 atom stereocenters. The molecule has 4 heteroatoms. The predicted molar refractivity (Wildman–Crippen MR) is 76.7 cm³/mol. The van der Waals surface area contributed by atoms with Gasteiger partial charge in [-0.25, -0.2) is 0 Å². The van der Waals surface area contributed by atoms with Gasteiger partial charge in [0, 0.05) is 26.2 Å². The van der Waals surface area contributed by atoms with E-state index in [0.29, 0.717) is 5.92 Å². The molecule has 0 radical (unpaired) electrons. The zero-order valence-corrected chi connectivity index (χ0v) is 11.9. The van der Waals surface area contributed by atoms with E-state index in [1.165, 1.54) is 38.8 Å². The third-order valence-electron chi connectivity index (χ3n) is 4.21. The molecular formula is C14H28N4. The molecule has 0 aliphatic carbocycles. The summed E-state index contributed by atoms with van der Waals surface area (Å²) >= 11 is 0. The van der Waals surface area contributed by atoms with Crippen LogP contribution < -0.4 is 5.73 Å². The van der Waals surface area contributed by atoms with Gasteiger partial charge in [-0.2, -0.15) is 0 Å². The van der Waals surface area contributed by atoms with Crippen molar-refractivity contribution in [3.8, 4) is 0 Å². The summed E-state index contributed by atoms with van der Waals surface area (Å²) in [5.41, 5.74) is 6.12. The molecule has 104 valence electrons.